The second-order valence-corrected chi connectivity index (χ2v) is 6.41. The molecule has 0 saturated heterocycles. The molecule has 4 nitrogen and oxygen atoms in total. The standard InChI is InChI=1S/C21H23NO3/c1-25-20(23)15-22(14-16-7-3-2-4-8-16)21(24)19-12-11-17-9-5-6-10-18(17)13-19/h2-4,7-8,11-13H,5-6,9-10,14-15H2,1H3. The summed E-state index contributed by atoms with van der Waals surface area (Å²) in [7, 11) is 1.34. The number of aryl methyl sites for hydroxylation is 2. The lowest BCUT2D eigenvalue weighted by Gasteiger charge is -2.23. The predicted octanol–water partition coefficient (Wildman–Crippen LogP) is 3.38. The van der Waals surface area contributed by atoms with Crippen LogP contribution in [0.1, 0.15) is 39.9 Å². The van der Waals surface area contributed by atoms with Crippen molar-refractivity contribution in [2.24, 2.45) is 0 Å². The third kappa shape index (κ3) is 4.27. The summed E-state index contributed by atoms with van der Waals surface area (Å²) in [4.78, 5) is 26.3. The second kappa shape index (κ2) is 7.97. The molecule has 0 fully saturated rings. The molecule has 0 saturated carbocycles. The van der Waals surface area contributed by atoms with Gasteiger partial charge < -0.3 is 9.64 Å². The quantitative estimate of drug-likeness (QED) is 0.786. The molecule has 0 heterocycles. The zero-order valence-electron chi connectivity index (χ0n) is 14.5. The Bertz CT molecular complexity index is 755. The third-order valence-corrected chi connectivity index (χ3v) is 4.65. The van der Waals surface area contributed by atoms with E-state index < -0.39 is 5.97 Å². The Hall–Kier alpha value is -2.62. The summed E-state index contributed by atoms with van der Waals surface area (Å²) in [5, 5.41) is 0. The number of esters is 1. The van der Waals surface area contributed by atoms with Crippen molar-refractivity contribution in [3.8, 4) is 0 Å². The van der Waals surface area contributed by atoms with Crippen LogP contribution in [0.4, 0.5) is 0 Å². The zero-order valence-corrected chi connectivity index (χ0v) is 14.5. The molecular weight excluding hydrogens is 314 g/mol. The van der Waals surface area contributed by atoms with Crippen LogP contribution in [-0.2, 0) is 28.9 Å². The summed E-state index contributed by atoms with van der Waals surface area (Å²) in [6.45, 7) is 0.327. The van der Waals surface area contributed by atoms with Crippen molar-refractivity contribution >= 4 is 11.9 Å². The van der Waals surface area contributed by atoms with Crippen molar-refractivity contribution in [2.75, 3.05) is 13.7 Å². The number of carbonyl (C=O) groups excluding carboxylic acids is 2. The molecule has 1 aliphatic rings. The number of fused-ring (bicyclic) bond motifs is 1. The van der Waals surface area contributed by atoms with Crippen LogP contribution in [0.25, 0.3) is 0 Å². The highest BCUT2D eigenvalue weighted by Crippen LogP contribution is 2.23. The van der Waals surface area contributed by atoms with E-state index in [-0.39, 0.29) is 12.5 Å². The highest BCUT2D eigenvalue weighted by atomic mass is 16.5. The fourth-order valence-corrected chi connectivity index (χ4v) is 3.27. The topological polar surface area (TPSA) is 46.6 Å². The van der Waals surface area contributed by atoms with E-state index in [1.165, 1.54) is 31.1 Å². The van der Waals surface area contributed by atoms with Crippen LogP contribution >= 0.6 is 0 Å². The van der Waals surface area contributed by atoms with E-state index in [1.807, 2.05) is 42.5 Å². The molecule has 1 amide bonds. The van der Waals surface area contributed by atoms with Gasteiger partial charge in [0.15, 0.2) is 0 Å². The molecule has 25 heavy (non-hydrogen) atoms. The van der Waals surface area contributed by atoms with Gasteiger partial charge in [-0.05, 0) is 54.5 Å². The first-order valence-electron chi connectivity index (χ1n) is 8.69. The van der Waals surface area contributed by atoms with Gasteiger partial charge in [0.1, 0.15) is 6.54 Å². The largest absolute Gasteiger partial charge is 0.468 e. The predicted molar refractivity (Wildman–Crippen MR) is 96.3 cm³/mol. The smallest absolute Gasteiger partial charge is 0.325 e. The number of methoxy groups -OCH3 is 1. The van der Waals surface area contributed by atoms with Gasteiger partial charge in [0.05, 0.1) is 7.11 Å². The van der Waals surface area contributed by atoms with Crippen molar-refractivity contribution in [3.05, 3.63) is 70.8 Å². The minimum Gasteiger partial charge on any atom is -0.468 e. The SMILES string of the molecule is COC(=O)CN(Cc1ccccc1)C(=O)c1ccc2c(c1)CCCC2. The van der Waals surface area contributed by atoms with Crippen molar-refractivity contribution in [3.63, 3.8) is 0 Å². The van der Waals surface area contributed by atoms with Gasteiger partial charge in [0, 0.05) is 12.1 Å². The lowest BCUT2D eigenvalue weighted by Crippen LogP contribution is -2.35. The third-order valence-electron chi connectivity index (χ3n) is 4.65. The molecule has 0 radical (unpaired) electrons. The number of amides is 1. The van der Waals surface area contributed by atoms with E-state index in [0.29, 0.717) is 12.1 Å². The van der Waals surface area contributed by atoms with E-state index in [2.05, 4.69) is 6.07 Å². The Balaban J connectivity index is 1.84. The van der Waals surface area contributed by atoms with Crippen molar-refractivity contribution in [1.82, 2.24) is 4.90 Å². The van der Waals surface area contributed by atoms with Crippen molar-refractivity contribution < 1.29 is 14.3 Å². The van der Waals surface area contributed by atoms with E-state index >= 15 is 0 Å². The number of hydrogen-bond acceptors (Lipinski definition) is 3. The van der Waals surface area contributed by atoms with Gasteiger partial charge in [-0.15, -0.1) is 0 Å². The normalized spacial score (nSPS) is 13.0. The summed E-state index contributed by atoms with van der Waals surface area (Å²) in [5.41, 5.74) is 4.22. The first-order chi connectivity index (χ1) is 12.2. The van der Waals surface area contributed by atoms with Gasteiger partial charge in [0.25, 0.3) is 5.91 Å². The minimum atomic E-state index is -0.415. The molecule has 1 aliphatic carbocycles. The van der Waals surface area contributed by atoms with Crippen LogP contribution in [0, 0.1) is 0 Å². The number of hydrogen-bond donors (Lipinski definition) is 0. The maximum absolute atomic E-state index is 13.0. The van der Waals surface area contributed by atoms with E-state index in [1.54, 1.807) is 4.90 Å². The Kier molecular flexibility index (Phi) is 5.49. The molecule has 0 unspecified atom stereocenters. The average Bonchev–Trinajstić information content (AvgIpc) is 2.67. The Labute approximate surface area is 148 Å². The molecule has 0 aliphatic heterocycles. The van der Waals surface area contributed by atoms with Crippen LogP contribution in [0.3, 0.4) is 0 Å². The van der Waals surface area contributed by atoms with Crippen LogP contribution in [-0.4, -0.2) is 30.4 Å². The van der Waals surface area contributed by atoms with Crippen LogP contribution in [0.2, 0.25) is 0 Å². The first kappa shape index (κ1) is 17.2. The summed E-state index contributed by atoms with van der Waals surface area (Å²) in [6.07, 6.45) is 4.48. The molecule has 0 aromatic heterocycles. The monoisotopic (exact) mass is 337 g/mol. The summed E-state index contributed by atoms with van der Waals surface area (Å²) < 4.78 is 4.76. The molecule has 3 rings (SSSR count). The average molecular weight is 337 g/mol. The van der Waals surface area contributed by atoms with Crippen molar-refractivity contribution in [2.45, 2.75) is 32.2 Å². The van der Waals surface area contributed by atoms with Gasteiger partial charge >= 0.3 is 5.97 Å². The first-order valence-corrected chi connectivity index (χ1v) is 8.69. The zero-order chi connectivity index (χ0) is 17.6. The Morgan fingerprint density at radius 1 is 1.00 bits per heavy atom. The lowest BCUT2D eigenvalue weighted by atomic mass is 9.90. The number of nitrogens with zero attached hydrogens (tertiary/aromatic N) is 1. The molecule has 2 aromatic carbocycles. The number of rotatable bonds is 5. The lowest BCUT2D eigenvalue weighted by molar-refractivity contribution is -0.141. The van der Waals surface area contributed by atoms with E-state index in [0.717, 1.165) is 18.4 Å². The summed E-state index contributed by atoms with van der Waals surface area (Å²) >= 11 is 0. The minimum absolute atomic E-state index is 0.0543. The molecule has 0 atom stereocenters. The van der Waals surface area contributed by atoms with Gasteiger partial charge in [-0.1, -0.05) is 36.4 Å². The van der Waals surface area contributed by atoms with Gasteiger partial charge in [-0.3, -0.25) is 9.59 Å². The van der Waals surface area contributed by atoms with Crippen LogP contribution in [0.5, 0.6) is 0 Å². The van der Waals surface area contributed by atoms with Gasteiger partial charge in [-0.25, -0.2) is 0 Å². The second-order valence-electron chi connectivity index (χ2n) is 6.41. The fraction of sp³-hybridized carbons (Fsp3) is 0.333. The van der Waals surface area contributed by atoms with Gasteiger partial charge in [0.2, 0.25) is 0 Å². The van der Waals surface area contributed by atoms with E-state index in [9.17, 15) is 9.59 Å². The number of benzene rings is 2. The summed E-state index contributed by atoms with van der Waals surface area (Å²) in [6, 6.07) is 15.6. The molecule has 4 heteroatoms. The van der Waals surface area contributed by atoms with Gasteiger partial charge in [-0.2, -0.15) is 0 Å². The summed E-state index contributed by atoms with van der Waals surface area (Å²) in [5.74, 6) is -0.551. The van der Waals surface area contributed by atoms with Crippen LogP contribution in [0.15, 0.2) is 48.5 Å². The maximum Gasteiger partial charge on any atom is 0.325 e. The highest BCUT2D eigenvalue weighted by Gasteiger charge is 2.21. The number of ether oxygens (including phenoxy) is 1. The van der Waals surface area contributed by atoms with Crippen molar-refractivity contribution in [1.29, 1.82) is 0 Å². The Morgan fingerprint density at radius 2 is 1.72 bits per heavy atom. The van der Waals surface area contributed by atoms with E-state index in [4.69, 9.17) is 4.74 Å². The molecule has 0 N–H and O–H groups in total. The molecule has 0 spiro atoms. The fourth-order valence-electron chi connectivity index (χ4n) is 3.27. The van der Waals surface area contributed by atoms with Crippen LogP contribution < -0.4 is 0 Å². The highest BCUT2D eigenvalue weighted by molar-refractivity contribution is 5.96. The molecule has 130 valence electrons. The Morgan fingerprint density at radius 3 is 2.44 bits per heavy atom. The molecule has 0 bridgehead atoms. The molecular formula is C21H23NO3. The molecule has 2 aromatic rings. The maximum atomic E-state index is 13.0. The number of carbonyl (C=O) groups is 2.